The van der Waals surface area contributed by atoms with Crippen molar-refractivity contribution in [1.29, 1.82) is 0 Å². The van der Waals surface area contributed by atoms with Crippen molar-refractivity contribution in [2.45, 2.75) is 25.8 Å². The van der Waals surface area contributed by atoms with Crippen LogP contribution in [-0.2, 0) is 0 Å². The van der Waals surface area contributed by atoms with Gasteiger partial charge in [0.05, 0.1) is 5.52 Å². The van der Waals surface area contributed by atoms with E-state index in [4.69, 9.17) is 5.73 Å². The Morgan fingerprint density at radius 3 is 3.06 bits per heavy atom. The van der Waals surface area contributed by atoms with Crippen LogP contribution in [0.5, 0.6) is 0 Å². The van der Waals surface area contributed by atoms with Gasteiger partial charge in [0, 0.05) is 18.0 Å². The van der Waals surface area contributed by atoms with Gasteiger partial charge >= 0.3 is 0 Å². The summed E-state index contributed by atoms with van der Waals surface area (Å²) >= 11 is 1.51. The molecular weight excluding hydrogens is 218 g/mol. The molecule has 2 aromatic rings. The summed E-state index contributed by atoms with van der Waals surface area (Å²) in [6, 6.07) is 8.39. The first-order chi connectivity index (χ1) is 7.81. The molecule has 0 bridgehead atoms. The minimum absolute atomic E-state index is 0.228. The molecule has 0 aliphatic carbocycles. The van der Waals surface area contributed by atoms with Gasteiger partial charge in [0.2, 0.25) is 0 Å². The zero-order valence-corrected chi connectivity index (χ0v) is 10.3. The fraction of sp³-hybridized carbons (Fsp3) is 0.417. The van der Waals surface area contributed by atoms with Gasteiger partial charge in [-0.15, -0.1) is 0 Å². The Bertz CT molecular complexity index is 452. The van der Waals surface area contributed by atoms with Gasteiger partial charge < -0.3 is 11.1 Å². The number of hydrogen-bond acceptors (Lipinski definition) is 4. The average molecular weight is 235 g/mol. The molecule has 0 saturated carbocycles. The Labute approximate surface area is 99.8 Å². The molecule has 0 saturated heterocycles. The predicted molar refractivity (Wildman–Crippen MR) is 71.0 cm³/mol. The van der Waals surface area contributed by atoms with Gasteiger partial charge in [-0.1, -0.05) is 25.5 Å². The molecule has 0 aliphatic heterocycles. The smallest absolute Gasteiger partial charge is 0.117 e. The van der Waals surface area contributed by atoms with Gasteiger partial charge in [-0.2, -0.15) is 4.37 Å². The molecule has 0 fully saturated rings. The molecule has 86 valence electrons. The molecule has 0 amide bonds. The molecule has 3 nitrogen and oxygen atoms in total. The molecule has 1 atom stereocenters. The summed E-state index contributed by atoms with van der Waals surface area (Å²) in [5.74, 6) is 0. The van der Waals surface area contributed by atoms with Crippen molar-refractivity contribution in [3.63, 3.8) is 0 Å². The Hall–Kier alpha value is -1.13. The molecule has 2 rings (SSSR count). The third-order valence-electron chi connectivity index (χ3n) is 2.57. The topological polar surface area (TPSA) is 50.9 Å². The Morgan fingerprint density at radius 1 is 1.44 bits per heavy atom. The van der Waals surface area contributed by atoms with E-state index >= 15 is 0 Å². The second kappa shape index (κ2) is 5.27. The highest BCUT2D eigenvalue weighted by Crippen LogP contribution is 2.26. The number of fused-ring (bicyclic) bond motifs is 1. The van der Waals surface area contributed by atoms with E-state index in [1.165, 1.54) is 16.9 Å². The normalized spacial score (nSPS) is 12.9. The van der Waals surface area contributed by atoms with Crippen molar-refractivity contribution in [2.24, 2.45) is 5.73 Å². The van der Waals surface area contributed by atoms with Crippen LogP contribution in [0, 0.1) is 0 Å². The second-order valence-corrected chi connectivity index (χ2v) is 4.73. The largest absolute Gasteiger partial charge is 0.374 e. The lowest BCUT2D eigenvalue weighted by molar-refractivity contribution is 0.628. The Balaban J connectivity index is 2.04. The molecule has 0 aliphatic rings. The fourth-order valence-corrected chi connectivity index (χ4v) is 2.48. The number of anilines is 1. The second-order valence-electron chi connectivity index (χ2n) is 3.96. The van der Waals surface area contributed by atoms with Crippen LogP contribution in [0.1, 0.15) is 19.8 Å². The molecule has 1 unspecified atom stereocenters. The lowest BCUT2D eigenvalue weighted by Gasteiger charge is -2.11. The summed E-state index contributed by atoms with van der Waals surface area (Å²) in [6.45, 7) is 2.97. The summed E-state index contributed by atoms with van der Waals surface area (Å²) < 4.78 is 4.38. The Morgan fingerprint density at radius 2 is 2.25 bits per heavy atom. The lowest BCUT2D eigenvalue weighted by atomic mass is 10.2. The van der Waals surface area contributed by atoms with E-state index in [1.54, 1.807) is 0 Å². The van der Waals surface area contributed by atoms with E-state index in [2.05, 4.69) is 22.7 Å². The van der Waals surface area contributed by atoms with Crippen molar-refractivity contribution in [2.75, 3.05) is 11.9 Å². The van der Waals surface area contributed by atoms with Crippen LogP contribution in [0.3, 0.4) is 0 Å². The maximum absolute atomic E-state index is 5.97. The minimum Gasteiger partial charge on any atom is -0.374 e. The molecule has 3 N–H and O–H groups in total. The predicted octanol–water partition coefficient (Wildman–Crippen LogP) is 2.84. The zero-order chi connectivity index (χ0) is 11.4. The van der Waals surface area contributed by atoms with Crippen molar-refractivity contribution in [3.05, 3.63) is 24.3 Å². The fourth-order valence-electron chi connectivity index (χ4n) is 1.71. The standard InChI is InChI=1S/C12H17N3S/c1-2-5-9(13)8-14-12-10-6-3-4-7-11(10)15-16-12/h3-4,6-7,9,14H,2,5,8,13H2,1H3. The van der Waals surface area contributed by atoms with E-state index in [1.807, 2.05) is 18.2 Å². The summed E-state index contributed by atoms with van der Waals surface area (Å²) in [5, 5.41) is 5.70. The molecule has 1 aromatic heterocycles. The quantitative estimate of drug-likeness (QED) is 0.838. The van der Waals surface area contributed by atoms with E-state index in [9.17, 15) is 0 Å². The van der Waals surface area contributed by atoms with Crippen molar-refractivity contribution >= 4 is 27.4 Å². The number of nitrogens with one attached hydrogen (secondary N) is 1. The first-order valence-electron chi connectivity index (χ1n) is 5.65. The lowest BCUT2D eigenvalue weighted by Crippen LogP contribution is -2.28. The highest BCUT2D eigenvalue weighted by molar-refractivity contribution is 7.11. The maximum Gasteiger partial charge on any atom is 0.117 e. The van der Waals surface area contributed by atoms with Crippen LogP contribution in [0.4, 0.5) is 5.00 Å². The SMILES string of the molecule is CCCC(N)CNc1snc2ccccc12. The molecule has 1 aromatic carbocycles. The minimum atomic E-state index is 0.228. The summed E-state index contributed by atoms with van der Waals surface area (Å²) in [7, 11) is 0. The molecule has 0 spiro atoms. The average Bonchev–Trinajstić information content (AvgIpc) is 2.70. The van der Waals surface area contributed by atoms with Gasteiger partial charge in [-0.05, 0) is 30.1 Å². The van der Waals surface area contributed by atoms with Gasteiger partial charge in [-0.25, -0.2) is 0 Å². The number of nitrogens with two attached hydrogens (primary N) is 1. The van der Waals surface area contributed by atoms with Gasteiger partial charge in [0.25, 0.3) is 0 Å². The monoisotopic (exact) mass is 235 g/mol. The van der Waals surface area contributed by atoms with Gasteiger partial charge in [0.1, 0.15) is 5.00 Å². The Kier molecular flexibility index (Phi) is 3.74. The van der Waals surface area contributed by atoms with E-state index in [0.717, 1.165) is 29.9 Å². The van der Waals surface area contributed by atoms with Crippen LogP contribution in [-0.4, -0.2) is 17.0 Å². The zero-order valence-electron chi connectivity index (χ0n) is 9.44. The molecular formula is C12H17N3S. The van der Waals surface area contributed by atoms with Crippen LogP contribution >= 0.6 is 11.5 Å². The molecule has 1 heterocycles. The number of nitrogens with zero attached hydrogens (tertiary/aromatic N) is 1. The van der Waals surface area contributed by atoms with Crippen molar-refractivity contribution in [1.82, 2.24) is 4.37 Å². The summed E-state index contributed by atoms with van der Waals surface area (Å²) in [4.78, 5) is 0. The van der Waals surface area contributed by atoms with Crippen LogP contribution < -0.4 is 11.1 Å². The van der Waals surface area contributed by atoms with Crippen molar-refractivity contribution < 1.29 is 0 Å². The first kappa shape index (κ1) is 11.4. The van der Waals surface area contributed by atoms with Gasteiger partial charge in [-0.3, -0.25) is 0 Å². The van der Waals surface area contributed by atoms with E-state index in [-0.39, 0.29) is 6.04 Å². The summed E-state index contributed by atoms with van der Waals surface area (Å²) in [6.07, 6.45) is 2.19. The van der Waals surface area contributed by atoms with Crippen molar-refractivity contribution in [3.8, 4) is 0 Å². The van der Waals surface area contributed by atoms with E-state index in [0.29, 0.717) is 0 Å². The summed E-state index contributed by atoms with van der Waals surface area (Å²) in [5.41, 5.74) is 7.02. The number of aromatic nitrogens is 1. The van der Waals surface area contributed by atoms with Crippen LogP contribution in [0.25, 0.3) is 10.9 Å². The number of rotatable bonds is 5. The molecule has 4 heteroatoms. The number of hydrogen-bond donors (Lipinski definition) is 2. The third-order valence-corrected chi connectivity index (χ3v) is 3.40. The molecule has 0 radical (unpaired) electrons. The first-order valence-corrected chi connectivity index (χ1v) is 6.42. The van der Waals surface area contributed by atoms with Crippen LogP contribution in [0.15, 0.2) is 24.3 Å². The number of benzene rings is 1. The highest BCUT2D eigenvalue weighted by Gasteiger charge is 2.06. The third kappa shape index (κ3) is 2.51. The van der Waals surface area contributed by atoms with Gasteiger partial charge in [0.15, 0.2) is 0 Å². The maximum atomic E-state index is 5.97. The highest BCUT2D eigenvalue weighted by atomic mass is 32.1. The van der Waals surface area contributed by atoms with E-state index < -0.39 is 0 Å². The van der Waals surface area contributed by atoms with Crippen LogP contribution in [0.2, 0.25) is 0 Å². The molecule has 16 heavy (non-hydrogen) atoms.